The molecule has 0 saturated heterocycles. The SMILES string of the molecule is CCN(CCO)C(=O)NCc1scnc1C. The maximum Gasteiger partial charge on any atom is 0.317 e. The molecule has 1 aromatic rings. The molecule has 0 unspecified atom stereocenters. The smallest absolute Gasteiger partial charge is 0.317 e. The number of aryl methyl sites for hydroxylation is 1. The molecule has 90 valence electrons. The van der Waals surface area contributed by atoms with Crippen LogP contribution in [0.25, 0.3) is 0 Å². The summed E-state index contributed by atoms with van der Waals surface area (Å²) in [4.78, 5) is 18.4. The van der Waals surface area contributed by atoms with Crippen LogP contribution in [0.3, 0.4) is 0 Å². The summed E-state index contributed by atoms with van der Waals surface area (Å²) in [5.41, 5.74) is 2.72. The summed E-state index contributed by atoms with van der Waals surface area (Å²) in [7, 11) is 0. The van der Waals surface area contributed by atoms with Crippen molar-refractivity contribution in [2.24, 2.45) is 0 Å². The number of nitrogens with zero attached hydrogens (tertiary/aromatic N) is 2. The van der Waals surface area contributed by atoms with Crippen LogP contribution in [0.5, 0.6) is 0 Å². The van der Waals surface area contributed by atoms with Crippen LogP contribution < -0.4 is 5.32 Å². The maximum atomic E-state index is 11.7. The standard InChI is InChI=1S/C10H17N3O2S/c1-3-13(4-5-14)10(15)11-6-9-8(2)12-7-16-9/h7,14H,3-6H2,1-2H3,(H,11,15). The highest BCUT2D eigenvalue weighted by Crippen LogP contribution is 2.11. The zero-order valence-electron chi connectivity index (χ0n) is 9.56. The number of aromatic nitrogens is 1. The predicted octanol–water partition coefficient (Wildman–Crippen LogP) is 0.975. The first-order valence-corrected chi connectivity index (χ1v) is 6.09. The number of thiazole rings is 1. The van der Waals surface area contributed by atoms with Gasteiger partial charge in [-0.15, -0.1) is 11.3 Å². The van der Waals surface area contributed by atoms with E-state index in [1.165, 1.54) is 11.3 Å². The van der Waals surface area contributed by atoms with Gasteiger partial charge in [0.05, 0.1) is 24.4 Å². The highest BCUT2D eigenvalue weighted by molar-refractivity contribution is 7.09. The van der Waals surface area contributed by atoms with E-state index in [0.717, 1.165) is 10.6 Å². The van der Waals surface area contributed by atoms with Crippen molar-refractivity contribution in [1.82, 2.24) is 15.2 Å². The van der Waals surface area contributed by atoms with Gasteiger partial charge in [0.25, 0.3) is 0 Å². The molecule has 2 N–H and O–H groups in total. The van der Waals surface area contributed by atoms with Crippen molar-refractivity contribution in [3.05, 3.63) is 16.1 Å². The molecule has 0 bridgehead atoms. The van der Waals surface area contributed by atoms with Gasteiger partial charge in [-0.25, -0.2) is 9.78 Å². The third-order valence-electron chi connectivity index (χ3n) is 2.28. The molecule has 2 amide bonds. The minimum Gasteiger partial charge on any atom is -0.395 e. The van der Waals surface area contributed by atoms with Crippen LogP contribution in [0.15, 0.2) is 5.51 Å². The Hall–Kier alpha value is -1.14. The van der Waals surface area contributed by atoms with E-state index >= 15 is 0 Å². The van der Waals surface area contributed by atoms with Crippen molar-refractivity contribution < 1.29 is 9.90 Å². The van der Waals surface area contributed by atoms with E-state index in [1.54, 1.807) is 10.4 Å². The van der Waals surface area contributed by atoms with Gasteiger partial charge < -0.3 is 15.3 Å². The van der Waals surface area contributed by atoms with E-state index in [1.807, 2.05) is 13.8 Å². The molecule has 5 nitrogen and oxygen atoms in total. The molecule has 1 aromatic heterocycles. The van der Waals surface area contributed by atoms with E-state index in [2.05, 4.69) is 10.3 Å². The van der Waals surface area contributed by atoms with Crippen LogP contribution in [0.2, 0.25) is 0 Å². The van der Waals surface area contributed by atoms with Crippen molar-refractivity contribution in [2.75, 3.05) is 19.7 Å². The Morgan fingerprint density at radius 2 is 2.44 bits per heavy atom. The van der Waals surface area contributed by atoms with Crippen molar-refractivity contribution >= 4 is 17.4 Å². The van der Waals surface area contributed by atoms with E-state index in [4.69, 9.17) is 5.11 Å². The van der Waals surface area contributed by atoms with E-state index in [0.29, 0.717) is 19.6 Å². The number of carbonyl (C=O) groups excluding carboxylic acids is 1. The van der Waals surface area contributed by atoms with Crippen LogP contribution in [-0.2, 0) is 6.54 Å². The summed E-state index contributed by atoms with van der Waals surface area (Å²) >= 11 is 1.53. The number of nitrogens with one attached hydrogen (secondary N) is 1. The predicted molar refractivity (Wildman–Crippen MR) is 63.4 cm³/mol. The summed E-state index contributed by atoms with van der Waals surface area (Å²) in [6.45, 7) is 5.24. The number of rotatable bonds is 5. The van der Waals surface area contributed by atoms with Gasteiger partial charge in [0.2, 0.25) is 0 Å². The monoisotopic (exact) mass is 243 g/mol. The molecule has 0 aliphatic heterocycles. The first-order valence-electron chi connectivity index (χ1n) is 5.21. The van der Waals surface area contributed by atoms with Gasteiger partial charge in [0, 0.05) is 18.0 Å². The fourth-order valence-corrected chi connectivity index (χ4v) is 2.00. The van der Waals surface area contributed by atoms with Gasteiger partial charge in [0.1, 0.15) is 0 Å². The van der Waals surface area contributed by atoms with Crippen molar-refractivity contribution in [3.8, 4) is 0 Å². The van der Waals surface area contributed by atoms with E-state index in [9.17, 15) is 4.79 Å². The first kappa shape index (κ1) is 12.9. The Labute approximate surface area is 99.1 Å². The lowest BCUT2D eigenvalue weighted by atomic mass is 10.4. The third kappa shape index (κ3) is 3.46. The van der Waals surface area contributed by atoms with Crippen LogP contribution in [0.4, 0.5) is 4.79 Å². The molecule has 0 atom stereocenters. The highest BCUT2D eigenvalue weighted by atomic mass is 32.1. The normalized spacial score (nSPS) is 10.2. The molecule has 0 spiro atoms. The fourth-order valence-electron chi connectivity index (χ4n) is 1.29. The van der Waals surface area contributed by atoms with E-state index < -0.39 is 0 Å². The Kier molecular flexibility index (Phi) is 5.21. The third-order valence-corrected chi connectivity index (χ3v) is 3.22. The van der Waals surface area contributed by atoms with Gasteiger partial charge in [-0.2, -0.15) is 0 Å². The molecule has 0 fully saturated rings. The Balaban J connectivity index is 2.42. The molecular formula is C10H17N3O2S. The van der Waals surface area contributed by atoms with Gasteiger partial charge in [-0.05, 0) is 13.8 Å². The number of carbonyl (C=O) groups is 1. The van der Waals surface area contributed by atoms with Gasteiger partial charge in [-0.3, -0.25) is 0 Å². The molecule has 16 heavy (non-hydrogen) atoms. The number of hydrogen-bond acceptors (Lipinski definition) is 4. The second-order valence-electron chi connectivity index (χ2n) is 3.32. The summed E-state index contributed by atoms with van der Waals surface area (Å²) < 4.78 is 0. The lowest BCUT2D eigenvalue weighted by Crippen LogP contribution is -2.40. The van der Waals surface area contributed by atoms with Gasteiger partial charge in [0.15, 0.2) is 0 Å². The molecule has 0 aliphatic carbocycles. The molecule has 0 radical (unpaired) electrons. The van der Waals surface area contributed by atoms with Crippen molar-refractivity contribution in [3.63, 3.8) is 0 Å². The topological polar surface area (TPSA) is 65.5 Å². The summed E-state index contributed by atoms with van der Waals surface area (Å²) in [6.07, 6.45) is 0. The number of likely N-dealkylation sites (N-methyl/N-ethyl adjacent to an activating group) is 1. The first-order chi connectivity index (χ1) is 7.69. The largest absolute Gasteiger partial charge is 0.395 e. The maximum absolute atomic E-state index is 11.7. The molecule has 6 heteroatoms. The lowest BCUT2D eigenvalue weighted by Gasteiger charge is -2.19. The van der Waals surface area contributed by atoms with Crippen molar-refractivity contribution in [1.29, 1.82) is 0 Å². The minimum atomic E-state index is -0.149. The summed E-state index contributed by atoms with van der Waals surface area (Å²) in [5.74, 6) is 0. The summed E-state index contributed by atoms with van der Waals surface area (Å²) in [5, 5.41) is 11.6. The molecule has 0 aliphatic rings. The van der Waals surface area contributed by atoms with Crippen LogP contribution >= 0.6 is 11.3 Å². The Morgan fingerprint density at radius 1 is 1.69 bits per heavy atom. The number of amides is 2. The molecular weight excluding hydrogens is 226 g/mol. The lowest BCUT2D eigenvalue weighted by molar-refractivity contribution is 0.180. The Bertz CT molecular complexity index is 341. The average Bonchev–Trinajstić information content (AvgIpc) is 2.68. The number of aliphatic hydroxyl groups excluding tert-OH is 1. The second kappa shape index (κ2) is 6.44. The molecule has 1 heterocycles. The molecule has 0 aromatic carbocycles. The number of urea groups is 1. The second-order valence-corrected chi connectivity index (χ2v) is 4.26. The van der Waals surface area contributed by atoms with E-state index in [-0.39, 0.29) is 12.6 Å². The summed E-state index contributed by atoms with van der Waals surface area (Å²) in [6, 6.07) is -0.149. The van der Waals surface area contributed by atoms with Crippen LogP contribution in [-0.4, -0.2) is 40.7 Å². The van der Waals surface area contributed by atoms with Gasteiger partial charge in [-0.1, -0.05) is 0 Å². The molecule has 1 rings (SSSR count). The van der Waals surface area contributed by atoms with Gasteiger partial charge >= 0.3 is 6.03 Å². The number of aliphatic hydroxyl groups is 1. The average molecular weight is 243 g/mol. The number of hydrogen-bond donors (Lipinski definition) is 2. The zero-order chi connectivity index (χ0) is 12.0. The van der Waals surface area contributed by atoms with Crippen molar-refractivity contribution in [2.45, 2.75) is 20.4 Å². The highest BCUT2D eigenvalue weighted by Gasteiger charge is 2.11. The zero-order valence-corrected chi connectivity index (χ0v) is 10.4. The Morgan fingerprint density at radius 3 is 2.94 bits per heavy atom. The molecule has 0 saturated carbocycles. The minimum absolute atomic E-state index is 0.0131. The fraction of sp³-hybridized carbons (Fsp3) is 0.600. The van der Waals surface area contributed by atoms with Crippen LogP contribution in [0, 0.1) is 6.92 Å². The van der Waals surface area contributed by atoms with Crippen LogP contribution in [0.1, 0.15) is 17.5 Å². The quantitative estimate of drug-likeness (QED) is 0.810.